The van der Waals surface area contributed by atoms with Crippen molar-refractivity contribution in [1.82, 2.24) is 14.0 Å². The van der Waals surface area contributed by atoms with Gasteiger partial charge in [-0.15, -0.1) is 0 Å². The fraction of sp³-hybridized carbons (Fsp3) is 0.263. The molecule has 10 heteroatoms. The van der Waals surface area contributed by atoms with E-state index in [2.05, 4.69) is 0 Å². The first-order chi connectivity index (χ1) is 13.5. The number of aryl methyl sites for hydroxylation is 2. The Morgan fingerprint density at radius 2 is 1.59 bits per heavy atom. The van der Waals surface area contributed by atoms with Gasteiger partial charge in [0.1, 0.15) is 12.4 Å². The zero-order valence-electron chi connectivity index (χ0n) is 16.5. The third kappa shape index (κ3) is 3.63. The first-order valence-electron chi connectivity index (χ1n) is 8.68. The van der Waals surface area contributed by atoms with Crippen molar-refractivity contribution in [3.8, 4) is 0 Å². The maximum absolute atomic E-state index is 13.4. The number of rotatable bonds is 5. The van der Waals surface area contributed by atoms with Crippen molar-refractivity contribution in [3.05, 3.63) is 58.8 Å². The van der Waals surface area contributed by atoms with Crippen LogP contribution in [0.25, 0.3) is 11.0 Å². The highest BCUT2D eigenvalue weighted by molar-refractivity contribution is 7.92. The number of hydrogen-bond donors (Lipinski definition) is 0. The summed E-state index contributed by atoms with van der Waals surface area (Å²) in [6, 6.07) is 9.17. The molecule has 0 spiro atoms. The molecule has 8 nitrogen and oxygen atoms in total. The molecule has 1 heterocycles. The summed E-state index contributed by atoms with van der Waals surface area (Å²) < 4.78 is 43.8. The van der Waals surface area contributed by atoms with E-state index in [4.69, 9.17) is 0 Å². The number of fused-ring (bicyclic) bond motifs is 1. The molecule has 154 valence electrons. The molecular formula is C19H21FN4O4S. The van der Waals surface area contributed by atoms with Crippen molar-refractivity contribution < 1.29 is 17.6 Å². The van der Waals surface area contributed by atoms with Crippen molar-refractivity contribution in [2.45, 2.75) is 4.90 Å². The van der Waals surface area contributed by atoms with Gasteiger partial charge in [0, 0.05) is 28.2 Å². The van der Waals surface area contributed by atoms with E-state index < -0.39 is 28.3 Å². The molecule has 0 unspecified atom stereocenters. The number of amides is 1. The van der Waals surface area contributed by atoms with Crippen molar-refractivity contribution in [3.63, 3.8) is 0 Å². The second-order valence-corrected chi connectivity index (χ2v) is 8.69. The smallest absolute Gasteiger partial charge is 0.328 e. The Bertz CT molecular complexity index is 1240. The Labute approximate surface area is 167 Å². The van der Waals surface area contributed by atoms with E-state index in [1.807, 2.05) is 0 Å². The summed E-state index contributed by atoms with van der Waals surface area (Å²) in [5, 5.41) is 0. The van der Waals surface area contributed by atoms with Crippen LogP contribution in [0.3, 0.4) is 0 Å². The van der Waals surface area contributed by atoms with Gasteiger partial charge in [0.05, 0.1) is 21.6 Å². The number of sulfonamides is 1. The second-order valence-electron chi connectivity index (χ2n) is 6.83. The molecule has 0 fully saturated rings. The summed E-state index contributed by atoms with van der Waals surface area (Å²) in [5.74, 6) is -0.961. The highest BCUT2D eigenvalue weighted by Gasteiger charge is 2.28. The van der Waals surface area contributed by atoms with Gasteiger partial charge in [-0.2, -0.15) is 0 Å². The van der Waals surface area contributed by atoms with Crippen LogP contribution in [0.4, 0.5) is 10.1 Å². The SMILES string of the molecule is CN(C)C(=O)CN(c1ccc(F)cc1)S(=O)(=O)c1ccc2c(c1)n(C)c(=O)n2C. The zero-order valence-corrected chi connectivity index (χ0v) is 17.3. The summed E-state index contributed by atoms with van der Waals surface area (Å²) >= 11 is 0. The molecule has 29 heavy (non-hydrogen) atoms. The Hall–Kier alpha value is -3.14. The Morgan fingerprint density at radius 1 is 1.00 bits per heavy atom. The Balaban J connectivity index is 2.16. The van der Waals surface area contributed by atoms with E-state index >= 15 is 0 Å². The van der Waals surface area contributed by atoms with Crippen LogP contribution in [-0.2, 0) is 28.9 Å². The van der Waals surface area contributed by atoms with Crippen molar-refractivity contribution in [2.75, 3.05) is 24.9 Å². The fourth-order valence-electron chi connectivity index (χ4n) is 2.96. The standard InChI is InChI=1S/C19H21FN4O4S/c1-21(2)18(25)12-24(14-7-5-13(20)6-8-14)29(27,28)15-9-10-16-17(11-15)23(4)19(26)22(16)3/h5-11H,12H2,1-4H3. The quantitative estimate of drug-likeness (QED) is 0.623. The monoisotopic (exact) mass is 420 g/mol. The minimum absolute atomic E-state index is 0.0814. The molecule has 3 rings (SSSR count). The minimum Gasteiger partial charge on any atom is -0.347 e. The Kier molecular flexibility index (Phi) is 5.22. The third-order valence-corrected chi connectivity index (χ3v) is 6.49. The van der Waals surface area contributed by atoms with Gasteiger partial charge in [0.15, 0.2) is 0 Å². The molecule has 1 amide bonds. The minimum atomic E-state index is -4.17. The molecule has 0 aliphatic heterocycles. The highest BCUT2D eigenvalue weighted by Crippen LogP contribution is 2.26. The number of benzene rings is 2. The van der Waals surface area contributed by atoms with Crippen LogP contribution in [0.15, 0.2) is 52.2 Å². The molecule has 0 aliphatic rings. The number of imidazole rings is 1. The van der Waals surface area contributed by atoms with Gasteiger partial charge in [-0.05, 0) is 42.5 Å². The molecule has 0 saturated carbocycles. The molecule has 0 radical (unpaired) electrons. The predicted molar refractivity (Wildman–Crippen MR) is 108 cm³/mol. The number of halogens is 1. The number of nitrogens with zero attached hydrogens (tertiary/aromatic N) is 4. The van der Waals surface area contributed by atoms with E-state index in [0.29, 0.717) is 11.0 Å². The molecule has 0 bridgehead atoms. The van der Waals surface area contributed by atoms with Gasteiger partial charge in [-0.3, -0.25) is 18.2 Å². The lowest BCUT2D eigenvalue weighted by Crippen LogP contribution is -2.40. The number of anilines is 1. The average Bonchev–Trinajstić information content (AvgIpc) is 2.90. The number of carbonyl (C=O) groups excluding carboxylic acids is 1. The van der Waals surface area contributed by atoms with Crippen LogP contribution in [0, 0.1) is 5.82 Å². The molecule has 3 aromatic rings. The van der Waals surface area contributed by atoms with Crippen LogP contribution in [0.2, 0.25) is 0 Å². The first-order valence-corrected chi connectivity index (χ1v) is 10.1. The van der Waals surface area contributed by atoms with Crippen LogP contribution in [-0.4, -0.2) is 49.0 Å². The molecule has 0 N–H and O–H groups in total. The van der Waals surface area contributed by atoms with Crippen LogP contribution in [0.5, 0.6) is 0 Å². The van der Waals surface area contributed by atoms with Gasteiger partial charge in [0.25, 0.3) is 10.0 Å². The van der Waals surface area contributed by atoms with Crippen LogP contribution in [0.1, 0.15) is 0 Å². The normalized spacial score (nSPS) is 11.6. The van der Waals surface area contributed by atoms with Gasteiger partial charge in [-0.1, -0.05) is 0 Å². The molecule has 2 aromatic carbocycles. The lowest BCUT2D eigenvalue weighted by Gasteiger charge is -2.25. The van der Waals surface area contributed by atoms with Crippen molar-refractivity contribution in [2.24, 2.45) is 14.1 Å². The maximum atomic E-state index is 13.4. The molecule has 0 saturated heterocycles. The highest BCUT2D eigenvalue weighted by atomic mass is 32.2. The summed E-state index contributed by atoms with van der Waals surface area (Å²) in [5.41, 5.74) is 0.891. The number of likely N-dealkylation sites (N-methyl/N-ethyl adjacent to an activating group) is 1. The zero-order chi connectivity index (χ0) is 21.5. The van der Waals surface area contributed by atoms with Gasteiger partial charge >= 0.3 is 5.69 Å². The van der Waals surface area contributed by atoms with Crippen LogP contribution >= 0.6 is 0 Å². The summed E-state index contributed by atoms with van der Waals surface area (Å²) in [6.45, 7) is -0.452. The number of carbonyl (C=O) groups is 1. The van der Waals surface area contributed by atoms with Crippen molar-refractivity contribution in [1.29, 1.82) is 0 Å². The number of hydrogen-bond acceptors (Lipinski definition) is 4. The van der Waals surface area contributed by atoms with E-state index in [1.165, 1.54) is 52.4 Å². The van der Waals surface area contributed by atoms with Gasteiger partial charge in [-0.25, -0.2) is 17.6 Å². The van der Waals surface area contributed by atoms with E-state index in [1.54, 1.807) is 20.2 Å². The predicted octanol–water partition coefficient (Wildman–Crippen LogP) is 1.30. The number of aromatic nitrogens is 2. The van der Waals surface area contributed by atoms with Gasteiger partial charge in [0.2, 0.25) is 5.91 Å². The molecule has 0 aliphatic carbocycles. The summed E-state index contributed by atoms with van der Waals surface area (Å²) in [4.78, 5) is 25.6. The van der Waals surface area contributed by atoms with E-state index in [-0.39, 0.29) is 16.3 Å². The summed E-state index contributed by atoms with van der Waals surface area (Å²) in [7, 11) is 2.01. The fourth-order valence-corrected chi connectivity index (χ4v) is 4.40. The van der Waals surface area contributed by atoms with Crippen LogP contribution < -0.4 is 9.99 Å². The molecular weight excluding hydrogens is 399 g/mol. The van der Waals surface area contributed by atoms with E-state index in [0.717, 1.165) is 16.4 Å². The van der Waals surface area contributed by atoms with Gasteiger partial charge < -0.3 is 4.90 Å². The molecule has 0 atom stereocenters. The van der Waals surface area contributed by atoms with E-state index in [9.17, 15) is 22.4 Å². The maximum Gasteiger partial charge on any atom is 0.328 e. The lowest BCUT2D eigenvalue weighted by atomic mass is 10.3. The Morgan fingerprint density at radius 3 is 2.17 bits per heavy atom. The summed E-state index contributed by atoms with van der Waals surface area (Å²) in [6.07, 6.45) is 0. The largest absolute Gasteiger partial charge is 0.347 e. The first kappa shape index (κ1) is 20.6. The average molecular weight is 420 g/mol. The second kappa shape index (κ2) is 7.36. The third-order valence-electron chi connectivity index (χ3n) is 4.72. The topological polar surface area (TPSA) is 84.6 Å². The lowest BCUT2D eigenvalue weighted by molar-refractivity contribution is -0.127. The molecule has 1 aromatic heterocycles. The van der Waals surface area contributed by atoms with Crippen molar-refractivity contribution >= 4 is 32.7 Å².